The van der Waals surface area contributed by atoms with Gasteiger partial charge < -0.3 is 10.6 Å². The summed E-state index contributed by atoms with van der Waals surface area (Å²) < 4.78 is 0. The second-order valence-corrected chi connectivity index (χ2v) is 5.85. The first kappa shape index (κ1) is 16.7. The fourth-order valence-electron chi connectivity index (χ4n) is 1.99. The Kier molecular flexibility index (Phi) is 7.67. The summed E-state index contributed by atoms with van der Waals surface area (Å²) in [5.41, 5.74) is 1.17. The molecule has 0 spiro atoms. The van der Waals surface area contributed by atoms with Crippen LogP contribution >= 0.6 is 35.3 Å². The van der Waals surface area contributed by atoms with E-state index in [1.165, 1.54) is 25.0 Å². The topological polar surface area (TPSA) is 49.3 Å². The van der Waals surface area contributed by atoms with Crippen molar-refractivity contribution < 1.29 is 0 Å². The lowest BCUT2D eigenvalue weighted by atomic mass is 9.85. The van der Waals surface area contributed by atoms with E-state index >= 15 is 0 Å². The van der Waals surface area contributed by atoms with Crippen molar-refractivity contribution in [2.75, 3.05) is 20.1 Å². The van der Waals surface area contributed by atoms with E-state index in [4.69, 9.17) is 0 Å². The van der Waals surface area contributed by atoms with E-state index in [-0.39, 0.29) is 24.0 Å². The van der Waals surface area contributed by atoms with Gasteiger partial charge in [0, 0.05) is 31.9 Å². The van der Waals surface area contributed by atoms with Crippen LogP contribution in [0.4, 0.5) is 0 Å². The Bertz CT molecular complexity index is 401. The molecular formula is C13H23IN4S. The normalized spacial score (nSPS) is 15.6. The molecule has 0 bridgehead atoms. The first-order valence-electron chi connectivity index (χ1n) is 6.63. The van der Waals surface area contributed by atoms with Gasteiger partial charge in [0.1, 0.15) is 0 Å². The second-order valence-electron chi connectivity index (χ2n) is 4.78. The molecule has 6 heteroatoms. The van der Waals surface area contributed by atoms with E-state index in [2.05, 4.69) is 26.0 Å². The smallest absolute Gasteiger partial charge is 0.190 e. The van der Waals surface area contributed by atoms with Crippen LogP contribution in [0.2, 0.25) is 0 Å². The molecule has 2 N–H and O–H groups in total. The van der Waals surface area contributed by atoms with Crippen LogP contribution in [0.3, 0.4) is 0 Å². The summed E-state index contributed by atoms with van der Waals surface area (Å²) in [6.07, 6.45) is 5.07. The molecule has 1 aromatic heterocycles. The molecular weight excluding hydrogens is 371 g/mol. The largest absolute Gasteiger partial charge is 0.356 e. The number of thiazole rings is 1. The number of aryl methyl sites for hydroxylation is 1. The molecule has 0 radical (unpaired) electrons. The van der Waals surface area contributed by atoms with E-state index in [0.29, 0.717) is 0 Å². The number of guanidine groups is 1. The Hall–Kier alpha value is -0.370. The highest BCUT2D eigenvalue weighted by Gasteiger charge is 2.17. The maximum absolute atomic E-state index is 4.45. The first-order valence-corrected chi connectivity index (χ1v) is 7.51. The fourth-order valence-corrected chi connectivity index (χ4v) is 2.64. The van der Waals surface area contributed by atoms with Crippen molar-refractivity contribution >= 4 is 41.3 Å². The molecule has 0 aliphatic heterocycles. The van der Waals surface area contributed by atoms with Crippen molar-refractivity contribution in [1.82, 2.24) is 15.6 Å². The number of nitrogens with one attached hydrogen (secondary N) is 2. The van der Waals surface area contributed by atoms with E-state index in [0.717, 1.165) is 36.4 Å². The van der Waals surface area contributed by atoms with Gasteiger partial charge in [0.05, 0.1) is 10.7 Å². The van der Waals surface area contributed by atoms with Crippen molar-refractivity contribution in [3.8, 4) is 0 Å². The van der Waals surface area contributed by atoms with Crippen molar-refractivity contribution in [3.63, 3.8) is 0 Å². The Morgan fingerprint density at radius 2 is 2.26 bits per heavy atom. The second kappa shape index (κ2) is 8.73. The average Bonchev–Trinajstić information content (AvgIpc) is 2.71. The van der Waals surface area contributed by atoms with Gasteiger partial charge in [-0.3, -0.25) is 4.99 Å². The van der Waals surface area contributed by atoms with Crippen LogP contribution in [0.25, 0.3) is 0 Å². The zero-order valence-electron chi connectivity index (χ0n) is 11.6. The number of nitrogens with zero attached hydrogens (tertiary/aromatic N) is 2. The Labute approximate surface area is 136 Å². The SMILES string of the molecule is CN=C(NCCc1csc(C)n1)NCC1CCC1.I. The third kappa shape index (κ3) is 5.64. The number of aliphatic imine (C=N–C) groups is 1. The van der Waals surface area contributed by atoms with Crippen molar-refractivity contribution in [1.29, 1.82) is 0 Å². The molecule has 0 saturated heterocycles. The average molecular weight is 394 g/mol. The predicted octanol–water partition coefficient (Wildman–Crippen LogP) is 2.58. The lowest BCUT2D eigenvalue weighted by molar-refractivity contribution is 0.314. The molecule has 1 aliphatic carbocycles. The Morgan fingerprint density at radius 3 is 2.79 bits per heavy atom. The summed E-state index contributed by atoms with van der Waals surface area (Å²) in [7, 11) is 1.82. The molecule has 0 atom stereocenters. The molecule has 0 amide bonds. The first-order chi connectivity index (χ1) is 8.78. The van der Waals surface area contributed by atoms with E-state index in [1.807, 2.05) is 14.0 Å². The fraction of sp³-hybridized carbons (Fsp3) is 0.692. The minimum absolute atomic E-state index is 0. The number of hydrogen-bond donors (Lipinski definition) is 2. The van der Waals surface area contributed by atoms with Gasteiger partial charge in [-0.1, -0.05) is 6.42 Å². The maximum atomic E-state index is 4.45. The van der Waals surface area contributed by atoms with Crippen LogP contribution in [0.15, 0.2) is 10.4 Å². The van der Waals surface area contributed by atoms with Crippen LogP contribution in [0, 0.1) is 12.8 Å². The third-order valence-corrected chi connectivity index (χ3v) is 4.17. The standard InChI is InChI=1S/C13H22N4S.HI/c1-10-17-12(9-18-10)6-7-15-13(14-2)16-8-11-4-3-5-11;/h9,11H,3-8H2,1-2H3,(H2,14,15,16);1H. The molecule has 1 saturated carbocycles. The lowest BCUT2D eigenvalue weighted by Gasteiger charge is -2.26. The molecule has 1 fully saturated rings. The molecule has 108 valence electrons. The quantitative estimate of drug-likeness (QED) is 0.459. The minimum atomic E-state index is 0. The molecule has 19 heavy (non-hydrogen) atoms. The molecule has 0 unspecified atom stereocenters. The van der Waals surface area contributed by atoms with Gasteiger partial charge in [-0.2, -0.15) is 0 Å². The van der Waals surface area contributed by atoms with Crippen molar-refractivity contribution in [3.05, 3.63) is 16.1 Å². The van der Waals surface area contributed by atoms with Gasteiger partial charge >= 0.3 is 0 Å². The molecule has 4 nitrogen and oxygen atoms in total. The van der Waals surface area contributed by atoms with E-state index < -0.39 is 0 Å². The van der Waals surface area contributed by atoms with Crippen LogP contribution in [0.5, 0.6) is 0 Å². The maximum Gasteiger partial charge on any atom is 0.190 e. The minimum Gasteiger partial charge on any atom is -0.356 e. The van der Waals surface area contributed by atoms with Crippen LogP contribution < -0.4 is 10.6 Å². The van der Waals surface area contributed by atoms with E-state index in [1.54, 1.807) is 11.3 Å². The van der Waals surface area contributed by atoms with Crippen LogP contribution in [-0.4, -0.2) is 31.1 Å². The third-order valence-electron chi connectivity index (χ3n) is 3.35. The number of halogens is 1. The summed E-state index contributed by atoms with van der Waals surface area (Å²) in [6, 6.07) is 0. The number of rotatable bonds is 5. The zero-order valence-corrected chi connectivity index (χ0v) is 14.8. The summed E-state index contributed by atoms with van der Waals surface area (Å²) in [4.78, 5) is 8.68. The number of hydrogen-bond acceptors (Lipinski definition) is 3. The van der Waals surface area contributed by atoms with Crippen LogP contribution in [0.1, 0.15) is 30.0 Å². The lowest BCUT2D eigenvalue weighted by Crippen LogP contribution is -2.41. The highest BCUT2D eigenvalue weighted by molar-refractivity contribution is 14.0. The zero-order chi connectivity index (χ0) is 12.8. The van der Waals surface area contributed by atoms with Gasteiger partial charge in [0.15, 0.2) is 5.96 Å². The highest BCUT2D eigenvalue weighted by atomic mass is 127. The molecule has 1 aromatic rings. The molecule has 1 aliphatic rings. The van der Waals surface area contributed by atoms with E-state index in [9.17, 15) is 0 Å². The van der Waals surface area contributed by atoms with Gasteiger partial charge in [-0.05, 0) is 25.7 Å². The van der Waals surface area contributed by atoms with Gasteiger partial charge in [0.25, 0.3) is 0 Å². The molecule has 1 heterocycles. The van der Waals surface area contributed by atoms with Gasteiger partial charge in [0.2, 0.25) is 0 Å². The summed E-state index contributed by atoms with van der Waals surface area (Å²) in [5, 5.41) is 9.98. The summed E-state index contributed by atoms with van der Waals surface area (Å²) in [6.45, 7) is 3.98. The number of aromatic nitrogens is 1. The van der Waals surface area contributed by atoms with Crippen molar-refractivity contribution in [2.45, 2.75) is 32.6 Å². The van der Waals surface area contributed by atoms with Crippen LogP contribution in [-0.2, 0) is 6.42 Å². The van der Waals surface area contributed by atoms with Crippen molar-refractivity contribution in [2.24, 2.45) is 10.9 Å². The van der Waals surface area contributed by atoms with Gasteiger partial charge in [-0.25, -0.2) is 4.98 Å². The summed E-state index contributed by atoms with van der Waals surface area (Å²) in [5.74, 6) is 1.76. The monoisotopic (exact) mass is 394 g/mol. The molecule has 2 rings (SSSR count). The Morgan fingerprint density at radius 1 is 1.47 bits per heavy atom. The molecule has 0 aromatic carbocycles. The Balaban J connectivity index is 0.00000180. The highest BCUT2D eigenvalue weighted by Crippen LogP contribution is 2.24. The van der Waals surface area contributed by atoms with Gasteiger partial charge in [-0.15, -0.1) is 35.3 Å². The predicted molar refractivity (Wildman–Crippen MR) is 92.7 cm³/mol. The summed E-state index contributed by atoms with van der Waals surface area (Å²) >= 11 is 1.71.